The number of ether oxygens (including phenoxy) is 1. The zero-order valence-corrected chi connectivity index (χ0v) is 11.5. The monoisotopic (exact) mass is 235 g/mol. The molecule has 0 unspecified atom stereocenters. The fraction of sp³-hybridized carbons (Fsp3) is 0.533. The summed E-state index contributed by atoms with van der Waals surface area (Å²) in [5.74, 6) is 1.85. The van der Waals surface area contributed by atoms with Gasteiger partial charge in [0.2, 0.25) is 0 Å². The molecule has 0 fully saturated rings. The fourth-order valence-electron chi connectivity index (χ4n) is 1.62. The first-order valence-electron chi connectivity index (χ1n) is 6.10. The van der Waals surface area contributed by atoms with E-state index < -0.39 is 0 Å². The van der Waals surface area contributed by atoms with Crippen LogP contribution in [0.5, 0.6) is 5.75 Å². The predicted molar refractivity (Wildman–Crippen MR) is 71.4 cm³/mol. The van der Waals surface area contributed by atoms with Crippen molar-refractivity contribution >= 4 is 0 Å². The molecule has 17 heavy (non-hydrogen) atoms. The van der Waals surface area contributed by atoms with E-state index in [9.17, 15) is 5.11 Å². The van der Waals surface area contributed by atoms with Crippen molar-refractivity contribution in [2.75, 3.05) is 13.2 Å². The van der Waals surface area contributed by atoms with Gasteiger partial charge in [0.25, 0.3) is 0 Å². The van der Waals surface area contributed by atoms with E-state index in [2.05, 4.69) is 32.9 Å². The van der Waals surface area contributed by atoms with Gasteiger partial charge in [0, 0.05) is 5.92 Å². The molecule has 0 saturated heterocycles. The van der Waals surface area contributed by atoms with Gasteiger partial charge in [-0.25, -0.2) is 0 Å². The molecule has 95 valence electrons. The van der Waals surface area contributed by atoms with Gasteiger partial charge in [-0.1, -0.05) is 33.8 Å². The molecule has 0 amide bonds. The number of hydrogen-bond donors (Lipinski definition) is 1. The summed E-state index contributed by atoms with van der Waals surface area (Å²) < 4.78 is 5.58. The molecule has 1 aromatic rings. The molecule has 0 bridgehead atoms. The summed E-state index contributed by atoms with van der Waals surface area (Å²) >= 11 is 0. The van der Waals surface area contributed by atoms with E-state index in [0.717, 1.165) is 17.2 Å². The van der Waals surface area contributed by atoms with Gasteiger partial charge >= 0.3 is 0 Å². The second-order valence-electron chi connectivity index (χ2n) is 5.37. The molecule has 2 nitrogen and oxygen atoms in total. The molecule has 0 aromatic heterocycles. The highest BCUT2D eigenvalue weighted by Gasteiger charge is 2.17. The fourth-order valence-corrected chi connectivity index (χ4v) is 1.62. The molecule has 0 saturated carbocycles. The number of aliphatic hydroxyl groups excluding tert-OH is 1. The van der Waals surface area contributed by atoms with Crippen LogP contribution in [0.15, 0.2) is 18.2 Å². The Labute approximate surface area is 105 Å². The summed E-state index contributed by atoms with van der Waals surface area (Å²) in [6.45, 7) is 11.2. The zero-order valence-electron chi connectivity index (χ0n) is 11.5. The molecule has 1 aromatic carbocycles. The topological polar surface area (TPSA) is 29.5 Å². The Hall–Kier alpha value is -1.02. The van der Waals surface area contributed by atoms with E-state index in [1.807, 2.05) is 19.9 Å². The van der Waals surface area contributed by atoms with Gasteiger partial charge in [0.15, 0.2) is 0 Å². The average molecular weight is 235 g/mol. The van der Waals surface area contributed by atoms with Crippen molar-refractivity contribution in [2.45, 2.75) is 40.0 Å². The van der Waals surface area contributed by atoms with Crippen molar-refractivity contribution in [3.05, 3.63) is 35.2 Å². The van der Waals surface area contributed by atoms with Crippen LogP contribution < -0.4 is 4.74 Å². The molecule has 0 heterocycles. The van der Waals surface area contributed by atoms with Crippen molar-refractivity contribution < 1.29 is 9.84 Å². The Morgan fingerprint density at radius 1 is 1.24 bits per heavy atom. The van der Waals surface area contributed by atoms with Crippen molar-refractivity contribution in [3.63, 3.8) is 0 Å². The summed E-state index contributed by atoms with van der Waals surface area (Å²) in [4.78, 5) is 0. The van der Waals surface area contributed by atoms with Crippen LogP contribution in [0.4, 0.5) is 0 Å². The quantitative estimate of drug-likeness (QED) is 0.867. The second-order valence-corrected chi connectivity index (χ2v) is 5.37. The van der Waals surface area contributed by atoms with Gasteiger partial charge in [-0.05, 0) is 35.6 Å². The van der Waals surface area contributed by atoms with Gasteiger partial charge in [0.1, 0.15) is 5.75 Å². The molecule has 0 spiro atoms. The number of hydrogen-bond acceptors (Lipinski definition) is 2. The SMILES string of the molecule is CCOc1cc([C](C)CO)cc(C(C)(C)C)c1. The van der Waals surface area contributed by atoms with E-state index in [1.54, 1.807) is 0 Å². The third kappa shape index (κ3) is 3.74. The van der Waals surface area contributed by atoms with Crippen LogP contribution in [0.1, 0.15) is 45.7 Å². The zero-order chi connectivity index (χ0) is 13.1. The highest BCUT2D eigenvalue weighted by molar-refractivity contribution is 5.43. The normalized spacial score (nSPS) is 11.9. The maximum absolute atomic E-state index is 9.22. The van der Waals surface area contributed by atoms with E-state index >= 15 is 0 Å². The summed E-state index contributed by atoms with van der Waals surface area (Å²) in [6.07, 6.45) is 0. The minimum atomic E-state index is 0.0809. The van der Waals surface area contributed by atoms with Crippen molar-refractivity contribution in [3.8, 4) is 5.75 Å². The smallest absolute Gasteiger partial charge is 0.119 e. The largest absolute Gasteiger partial charge is 0.494 e. The molecular formula is C15H23O2. The van der Waals surface area contributed by atoms with Crippen LogP contribution in [-0.4, -0.2) is 18.3 Å². The first kappa shape index (κ1) is 14.0. The standard InChI is InChI=1S/C15H23O2/c1-6-17-14-8-12(11(2)10-16)7-13(9-14)15(3,4)5/h7-9,16H,6,10H2,1-5H3. The molecule has 1 rings (SSSR count). The summed E-state index contributed by atoms with van der Waals surface area (Å²) in [6, 6.07) is 6.20. The third-order valence-corrected chi connectivity index (χ3v) is 2.81. The number of benzene rings is 1. The molecule has 1 radical (unpaired) electrons. The van der Waals surface area contributed by atoms with Gasteiger partial charge in [-0.3, -0.25) is 0 Å². The Balaban J connectivity index is 3.18. The van der Waals surface area contributed by atoms with E-state index in [1.165, 1.54) is 5.56 Å². The Kier molecular flexibility index (Phi) is 4.58. The lowest BCUT2D eigenvalue weighted by atomic mass is 9.84. The lowest BCUT2D eigenvalue weighted by Gasteiger charge is -2.22. The van der Waals surface area contributed by atoms with Gasteiger partial charge < -0.3 is 9.84 Å². The van der Waals surface area contributed by atoms with Crippen LogP contribution in [0.3, 0.4) is 0 Å². The highest BCUT2D eigenvalue weighted by Crippen LogP contribution is 2.30. The average Bonchev–Trinajstić information content (AvgIpc) is 2.27. The molecule has 2 heteroatoms. The lowest BCUT2D eigenvalue weighted by Crippen LogP contribution is -2.13. The van der Waals surface area contributed by atoms with Gasteiger partial charge in [-0.2, -0.15) is 0 Å². The summed E-state index contributed by atoms with van der Waals surface area (Å²) in [7, 11) is 0. The third-order valence-electron chi connectivity index (χ3n) is 2.81. The van der Waals surface area contributed by atoms with Crippen LogP contribution in [0, 0.1) is 5.92 Å². The minimum Gasteiger partial charge on any atom is -0.494 e. The molecule has 0 atom stereocenters. The van der Waals surface area contributed by atoms with Crippen molar-refractivity contribution in [1.82, 2.24) is 0 Å². The van der Waals surface area contributed by atoms with Crippen LogP contribution in [0.25, 0.3) is 0 Å². The van der Waals surface area contributed by atoms with E-state index in [4.69, 9.17) is 4.74 Å². The van der Waals surface area contributed by atoms with Gasteiger partial charge in [-0.15, -0.1) is 0 Å². The van der Waals surface area contributed by atoms with Crippen molar-refractivity contribution in [1.29, 1.82) is 0 Å². The maximum Gasteiger partial charge on any atom is 0.119 e. The minimum absolute atomic E-state index is 0.0809. The lowest BCUT2D eigenvalue weighted by molar-refractivity contribution is 0.314. The molecule has 1 N–H and O–H groups in total. The highest BCUT2D eigenvalue weighted by atomic mass is 16.5. The first-order valence-corrected chi connectivity index (χ1v) is 6.10. The summed E-state index contributed by atoms with van der Waals surface area (Å²) in [5.41, 5.74) is 2.37. The van der Waals surface area contributed by atoms with E-state index in [0.29, 0.717) is 6.61 Å². The van der Waals surface area contributed by atoms with Crippen LogP contribution >= 0.6 is 0 Å². The van der Waals surface area contributed by atoms with Gasteiger partial charge in [0.05, 0.1) is 13.2 Å². The molecule has 0 aliphatic carbocycles. The number of rotatable bonds is 4. The summed E-state index contributed by atoms with van der Waals surface area (Å²) in [5, 5.41) is 9.22. The Bertz CT molecular complexity index is 364. The molecular weight excluding hydrogens is 212 g/mol. The van der Waals surface area contributed by atoms with E-state index in [-0.39, 0.29) is 12.0 Å². The first-order chi connectivity index (χ1) is 7.88. The maximum atomic E-state index is 9.22. The predicted octanol–water partition coefficient (Wildman–Crippen LogP) is 3.32. The Morgan fingerprint density at radius 3 is 2.35 bits per heavy atom. The van der Waals surface area contributed by atoms with Crippen LogP contribution in [-0.2, 0) is 5.41 Å². The molecule has 0 aliphatic rings. The van der Waals surface area contributed by atoms with Crippen molar-refractivity contribution in [2.24, 2.45) is 0 Å². The number of aliphatic hydroxyl groups is 1. The Morgan fingerprint density at radius 2 is 1.88 bits per heavy atom. The van der Waals surface area contributed by atoms with Crippen LogP contribution in [0.2, 0.25) is 0 Å². The molecule has 0 aliphatic heterocycles. The second kappa shape index (κ2) is 5.54.